The van der Waals surface area contributed by atoms with Crippen molar-refractivity contribution in [2.24, 2.45) is 7.05 Å². The summed E-state index contributed by atoms with van der Waals surface area (Å²) in [5, 5.41) is 0. The fourth-order valence-corrected chi connectivity index (χ4v) is 3.10. The van der Waals surface area contributed by atoms with Crippen molar-refractivity contribution in [1.29, 1.82) is 0 Å². The third-order valence-corrected chi connectivity index (χ3v) is 4.48. The first-order valence-electron chi connectivity index (χ1n) is 6.53. The minimum absolute atomic E-state index is 0.141. The van der Waals surface area contributed by atoms with Gasteiger partial charge in [0.05, 0.1) is 18.5 Å². The number of aromatic nitrogens is 1. The molecule has 0 amide bonds. The summed E-state index contributed by atoms with van der Waals surface area (Å²) in [5.74, 6) is 0.965. The van der Waals surface area contributed by atoms with Gasteiger partial charge in [-0.1, -0.05) is 6.92 Å². The normalized spacial score (nSPS) is 10.7. The predicted octanol–water partition coefficient (Wildman–Crippen LogP) is 4.36. The Morgan fingerprint density at radius 2 is 1.90 bits per heavy atom. The molecule has 0 bridgehead atoms. The molecule has 0 N–H and O–H groups in total. The van der Waals surface area contributed by atoms with Crippen molar-refractivity contribution in [2.45, 2.75) is 20.3 Å². The van der Waals surface area contributed by atoms with E-state index in [0.717, 1.165) is 32.7 Å². The van der Waals surface area contributed by atoms with Crippen LogP contribution in [0.5, 0.6) is 5.75 Å². The van der Waals surface area contributed by atoms with E-state index in [1.54, 1.807) is 7.11 Å². The Morgan fingerprint density at radius 3 is 2.40 bits per heavy atom. The molecule has 0 aliphatic heterocycles. The molecular formula is C16H18BrNO2. The van der Waals surface area contributed by atoms with Gasteiger partial charge in [-0.05, 0) is 58.2 Å². The van der Waals surface area contributed by atoms with Gasteiger partial charge in [0.15, 0.2) is 5.78 Å². The van der Waals surface area contributed by atoms with E-state index < -0.39 is 0 Å². The monoisotopic (exact) mass is 335 g/mol. The third kappa shape index (κ3) is 2.40. The fraction of sp³-hybridized carbons (Fsp3) is 0.312. The number of methoxy groups -OCH3 is 1. The SMILES string of the molecule is CCC(=O)c1c(Br)c(C)c(-c2ccc(OC)cc2)n1C. The van der Waals surface area contributed by atoms with Crippen LogP contribution in [0.3, 0.4) is 0 Å². The highest BCUT2D eigenvalue weighted by Crippen LogP contribution is 2.35. The molecule has 3 nitrogen and oxygen atoms in total. The van der Waals surface area contributed by atoms with Gasteiger partial charge in [0.2, 0.25) is 0 Å². The minimum Gasteiger partial charge on any atom is -0.497 e. The van der Waals surface area contributed by atoms with Crippen LogP contribution < -0.4 is 4.74 Å². The van der Waals surface area contributed by atoms with Crippen LogP contribution in [0, 0.1) is 6.92 Å². The molecule has 0 atom stereocenters. The van der Waals surface area contributed by atoms with Crippen molar-refractivity contribution in [3.05, 3.63) is 40.0 Å². The summed E-state index contributed by atoms with van der Waals surface area (Å²) in [6.07, 6.45) is 0.498. The van der Waals surface area contributed by atoms with Gasteiger partial charge in [-0.2, -0.15) is 0 Å². The van der Waals surface area contributed by atoms with Gasteiger partial charge in [-0.15, -0.1) is 0 Å². The number of ether oxygens (including phenoxy) is 1. The number of ketones is 1. The first-order chi connectivity index (χ1) is 9.51. The lowest BCUT2D eigenvalue weighted by Gasteiger charge is -2.08. The Morgan fingerprint density at radius 1 is 1.30 bits per heavy atom. The van der Waals surface area contributed by atoms with Gasteiger partial charge >= 0.3 is 0 Å². The van der Waals surface area contributed by atoms with E-state index in [2.05, 4.69) is 15.9 Å². The Labute approximate surface area is 127 Å². The predicted molar refractivity (Wildman–Crippen MR) is 84.5 cm³/mol. The standard InChI is InChI=1S/C16H18BrNO2/c1-5-13(19)16-14(17)10(2)15(18(16)3)11-6-8-12(20-4)9-7-11/h6-9H,5H2,1-4H3. The molecule has 0 saturated heterocycles. The van der Waals surface area contributed by atoms with Crippen LogP contribution in [-0.4, -0.2) is 17.5 Å². The number of rotatable bonds is 4. The molecule has 0 fully saturated rings. The Bertz CT molecular complexity index is 641. The molecule has 0 spiro atoms. The van der Waals surface area contributed by atoms with Crippen molar-refractivity contribution in [1.82, 2.24) is 4.57 Å². The van der Waals surface area contributed by atoms with E-state index in [1.165, 1.54) is 0 Å². The van der Waals surface area contributed by atoms with Crippen LogP contribution in [-0.2, 0) is 7.05 Å². The zero-order valence-electron chi connectivity index (χ0n) is 12.2. The number of carbonyl (C=O) groups excluding carboxylic acids is 1. The van der Waals surface area contributed by atoms with E-state index in [1.807, 2.05) is 49.7 Å². The molecular weight excluding hydrogens is 318 g/mol. The van der Waals surface area contributed by atoms with E-state index in [9.17, 15) is 4.79 Å². The van der Waals surface area contributed by atoms with Crippen LogP contribution in [0.4, 0.5) is 0 Å². The Balaban J connectivity index is 2.59. The maximum Gasteiger partial charge on any atom is 0.180 e. The van der Waals surface area contributed by atoms with Gasteiger partial charge < -0.3 is 9.30 Å². The van der Waals surface area contributed by atoms with Crippen molar-refractivity contribution in [3.8, 4) is 17.0 Å². The van der Waals surface area contributed by atoms with E-state index in [-0.39, 0.29) is 5.78 Å². The summed E-state index contributed by atoms with van der Waals surface area (Å²) in [6, 6.07) is 7.87. The second-order valence-electron chi connectivity index (χ2n) is 4.70. The lowest BCUT2D eigenvalue weighted by Crippen LogP contribution is -2.06. The smallest absolute Gasteiger partial charge is 0.180 e. The molecule has 2 aromatic rings. The van der Waals surface area contributed by atoms with Crippen LogP contribution in [0.15, 0.2) is 28.7 Å². The molecule has 1 aromatic carbocycles. The molecule has 0 aliphatic carbocycles. The molecule has 0 saturated carbocycles. The Hall–Kier alpha value is -1.55. The maximum atomic E-state index is 12.1. The van der Waals surface area contributed by atoms with Crippen molar-refractivity contribution in [2.75, 3.05) is 7.11 Å². The summed E-state index contributed by atoms with van der Waals surface area (Å²) in [6.45, 7) is 3.90. The second-order valence-corrected chi connectivity index (χ2v) is 5.49. The number of nitrogens with zero attached hydrogens (tertiary/aromatic N) is 1. The van der Waals surface area contributed by atoms with Gasteiger partial charge in [0, 0.05) is 17.9 Å². The molecule has 1 heterocycles. The quantitative estimate of drug-likeness (QED) is 0.777. The summed E-state index contributed by atoms with van der Waals surface area (Å²) in [7, 11) is 3.58. The summed E-state index contributed by atoms with van der Waals surface area (Å²) in [4.78, 5) is 12.1. The van der Waals surface area contributed by atoms with Crippen molar-refractivity contribution < 1.29 is 9.53 Å². The highest BCUT2D eigenvalue weighted by atomic mass is 79.9. The van der Waals surface area contributed by atoms with Crippen molar-refractivity contribution in [3.63, 3.8) is 0 Å². The highest BCUT2D eigenvalue weighted by Gasteiger charge is 2.21. The minimum atomic E-state index is 0.141. The first kappa shape index (κ1) is 14.9. The van der Waals surface area contributed by atoms with E-state index >= 15 is 0 Å². The molecule has 106 valence electrons. The molecule has 2 rings (SSSR count). The number of halogens is 1. The maximum absolute atomic E-state index is 12.1. The van der Waals surface area contributed by atoms with Gasteiger partial charge in [0.1, 0.15) is 5.75 Å². The molecule has 0 aliphatic rings. The Kier molecular flexibility index (Phi) is 4.33. The fourth-order valence-electron chi connectivity index (χ4n) is 2.43. The number of hydrogen-bond donors (Lipinski definition) is 0. The molecule has 1 aromatic heterocycles. The van der Waals surface area contributed by atoms with Crippen LogP contribution in [0.2, 0.25) is 0 Å². The highest BCUT2D eigenvalue weighted by molar-refractivity contribution is 9.10. The lowest BCUT2D eigenvalue weighted by molar-refractivity contribution is 0.0979. The average molecular weight is 336 g/mol. The second kappa shape index (κ2) is 5.83. The summed E-state index contributed by atoms with van der Waals surface area (Å²) < 4.78 is 8.03. The molecule has 0 radical (unpaired) electrons. The number of Topliss-reactive ketones (excluding diaryl/α,β-unsaturated/α-hetero) is 1. The number of carbonyl (C=O) groups is 1. The van der Waals surface area contributed by atoms with Crippen molar-refractivity contribution >= 4 is 21.7 Å². The number of hydrogen-bond acceptors (Lipinski definition) is 2. The summed E-state index contributed by atoms with van der Waals surface area (Å²) in [5.41, 5.74) is 3.93. The van der Waals surface area contributed by atoms with Crippen LogP contribution in [0.25, 0.3) is 11.3 Å². The first-order valence-corrected chi connectivity index (χ1v) is 7.32. The summed E-state index contributed by atoms with van der Waals surface area (Å²) >= 11 is 3.55. The van der Waals surface area contributed by atoms with E-state index in [4.69, 9.17) is 4.74 Å². The topological polar surface area (TPSA) is 31.2 Å². The zero-order chi connectivity index (χ0) is 14.9. The zero-order valence-corrected chi connectivity index (χ0v) is 13.7. The molecule has 0 unspecified atom stereocenters. The lowest BCUT2D eigenvalue weighted by atomic mass is 10.1. The van der Waals surface area contributed by atoms with E-state index in [0.29, 0.717) is 6.42 Å². The average Bonchev–Trinajstić information content (AvgIpc) is 2.69. The van der Waals surface area contributed by atoms with Gasteiger partial charge in [0.25, 0.3) is 0 Å². The third-order valence-electron chi connectivity index (χ3n) is 3.51. The largest absolute Gasteiger partial charge is 0.497 e. The number of benzene rings is 1. The molecule has 20 heavy (non-hydrogen) atoms. The van der Waals surface area contributed by atoms with Gasteiger partial charge in [-0.3, -0.25) is 4.79 Å². The van der Waals surface area contributed by atoms with Gasteiger partial charge in [-0.25, -0.2) is 0 Å². The molecule has 4 heteroatoms. The van der Waals surface area contributed by atoms with Crippen LogP contribution in [0.1, 0.15) is 29.4 Å². The van der Waals surface area contributed by atoms with Crippen LogP contribution >= 0.6 is 15.9 Å².